The molecule has 0 spiro atoms. The maximum Gasteiger partial charge on any atom is 0.0802 e. The van der Waals surface area contributed by atoms with Gasteiger partial charge in [0.25, 0.3) is 0 Å². The minimum atomic E-state index is -0.431. The average molecular weight is 298 g/mol. The van der Waals surface area contributed by atoms with Crippen molar-refractivity contribution in [3.8, 4) is 0 Å². The molecule has 0 radical (unpaired) electrons. The molecule has 1 aromatic rings. The highest BCUT2D eigenvalue weighted by molar-refractivity contribution is 6.31. The molecule has 1 fully saturated rings. The molecule has 1 N–H and O–H groups in total. The Balaban J connectivity index is 1.88. The summed E-state index contributed by atoms with van der Waals surface area (Å²) in [5, 5.41) is 11.0. The number of halogens is 1. The van der Waals surface area contributed by atoms with Gasteiger partial charge in [-0.3, -0.25) is 4.90 Å². The van der Waals surface area contributed by atoms with Gasteiger partial charge in [0.15, 0.2) is 0 Å². The first-order valence-electron chi connectivity index (χ1n) is 7.27. The van der Waals surface area contributed by atoms with E-state index in [0.29, 0.717) is 0 Å². The van der Waals surface area contributed by atoms with Crippen molar-refractivity contribution in [2.24, 2.45) is 0 Å². The van der Waals surface area contributed by atoms with Gasteiger partial charge in [-0.2, -0.15) is 0 Å². The van der Waals surface area contributed by atoms with Gasteiger partial charge >= 0.3 is 0 Å². The molecule has 1 heterocycles. The van der Waals surface area contributed by atoms with E-state index in [4.69, 9.17) is 16.3 Å². The highest BCUT2D eigenvalue weighted by atomic mass is 35.5. The molecular weight excluding hydrogens is 274 g/mol. The van der Waals surface area contributed by atoms with Gasteiger partial charge in [0.05, 0.1) is 18.3 Å². The number of hydrogen-bond donors (Lipinski definition) is 1. The third-order valence-electron chi connectivity index (χ3n) is 3.78. The zero-order valence-corrected chi connectivity index (χ0v) is 13.2. The molecular formula is C16H24ClNO2. The zero-order chi connectivity index (χ0) is 14.7. The van der Waals surface area contributed by atoms with Gasteiger partial charge in [-0.15, -0.1) is 0 Å². The normalized spacial score (nSPS) is 25.6. The average Bonchev–Trinajstić information content (AvgIpc) is 2.38. The molecule has 0 bridgehead atoms. The Morgan fingerprint density at radius 2 is 2.00 bits per heavy atom. The van der Waals surface area contributed by atoms with Crippen LogP contribution in [0.5, 0.6) is 0 Å². The van der Waals surface area contributed by atoms with Crippen molar-refractivity contribution in [1.82, 2.24) is 4.90 Å². The third-order valence-corrected chi connectivity index (χ3v) is 4.20. The van der Waals surface area contributed by atoms with Gasteiger partial charge in [-0.05, 0) is 44.4 Å². The lowest BCUT2D eigenvalue weighted by molar-refractivity contribution is -0.0702. The van der Waals surface area contributed by atoms with E-state index < -0.39 is 6.10 Å². The van der Waals surface area contributed by atoms with Crippen molar-refractivity contribution in [3.63, 3.8) is 0 Å². The summed E-state index contributed by atoms with van der Waals surface area (Å²) in [6, 6.07) is 5.73. The molecule has 1 aliphatic heterocycles. The Kier molecular flexibility index (Phi) is 5.44. The van der Waals surface area contributed by atoms with E-state index in [1.165, 1.54) is 0 Å². The highest BCUT2D eigenvalue weighted by Gasteiger charge is 2.22. The van der Waals surface area contributed by atoms with Crippen LogP contribution >= 0.6 is 11.6 Å². The number of aryl methyl sites for hydroxylation is 1. The monoisotopic (exact) mass is 297 g/mol. The SMILES string of the molecule is Cc1cc(C(O)CCN2CC(C)OC(C)C2)ccc1Cl. The smallest absolute Gasteiger partial charge is 0.0802 e. The number of hydrogen-bond acceptors (Lipinski definition) is 3. The van der Waals surface area contributed by atoms with Crippen molar-refractivity contribution in [1.29, 1.82) is 0 Å². The fourth-order valence-electron chi connectivity index (χ4n) is 2.81. The van der Waals surface area contributed by atoms with E-state index in [2.05, 4.69) is 18.7 Å². The first kappa shape index (κ1) is 15.8. The van der Waals surface area contributed by atoms with E-state index in [1.807, 2.05) is 25.1 Å². The predicted octanol–water partition coefficient (Wildman–Crippen LogP) is 3.18. The fourth-order valence-corrected chi connectivity index (χ4v) is 2.93. The second kappa shape index (κ2) is 6.90. The van der Waals surface area contributed by atoms with Gasteiger partial charge in [0.1, 0.15) is 0 Å². The highest BCUT2D eigenvalue weighted by Crippen LogP contribution is 2.23. The number of rotatable bonds is 4. The van der Waals surface area contributed by atoms with Gasteiger partial charge < -0.3 is 9.84 Å². The maximum atomic E-state index is 10.3. The second-order valence-electron chi connectivity index (χ2n) is 5.83. The Bertz CT molecular complexity index is 442. The Morgan fingerprint density at radius 3 is 2.60 bits per heavy atom. The molecule has 0 aliphatic carbocycles. The van der Waals surface area contributed by atoms with Crippen molar-refractivity contribution in [3.05, 3.63) is 34.3 Å². The summed E-state index contributed by atoms with van der Waals surface area (Å²) in [6.45, 7) is 8.93. The quantitative estimate of drug-likeness (QED) is 0.926. The molecule has 20 heavy (non-hydrogen) atoms. The first-order valence-corrected chi connectivity index (χ1v) is 7.65. The molecule has 0 aromatic heterocycles. The van der Waals surface area contributed by atoms with Gasteiger partial charge in [0.2, 0.25) is 0 Å². The number of nitrogens with zero attached hydrogens (tertiary/aromatic N) is 1. The molecule has 1 aliphatic rings. The van der Waals surface area contributed by atoms with Gasteiger partial charge in [0, 0.05) is 24.7 Å². The van der Waals surface area contributed by atoms with Crippen LogP contribution in [0, 0.1) is 6.92 Å². The molecule has 0 amide bonds. The van der Waals surface area contributed by atoms with Gasteiger partial charge in [-0.25, -0.2) is 0 Å². The van der Waals surface area contributed by atoms with Crippen LogP contribution in [0.4, 0.5) is 0 Å². The zero-order valence-electron chi connectivity index (χ0n) is 12.5. The summed E-state index contributed by atoms with van der Waals surface area (Å²) >= 11 is 6.01. The van der Waals surface area contributed by atoms with Crippen molar-refractivity contribution in [2.75, 3.05) is 19.6 Å². The molecule has 1 saturated heterocycles. The van der Waals surface area contributed by atoms with Crippen LogP contribution in [0.25, 0.3) is 0 Å². The van der Waals surface area contributed by atoms with Gasteiger partial charge in [-0.1, -0.05) is 23.7 Å². The summed E-state index contributed by atoms with van der Waals surface area (Å²) in [7, 11) is 0. The van der Waals surface area contributed by atoms with Crippen LogP contribution in [-0.2, 0) is 4.74 Å². The summed E-state index contributed by atoms with van der Waals surface area (Å²) in [5.74, 6) is 0. The standard InChI is InChI=1S/C16H24ClNO2/c1-11-8-14(4-5-15(11)17)16(19)6-7-18-9-12(2)20-13(3)10-18/h4-5,8,12-13,16,19H,6-7,9-10H2,1-3H3. The van der Waals surface area contributed by atoms with Crippen molar-refractivity contribution >= 4 is 11.6 Å². The van der Waals surface area contributed by atoms with Crippen LogP contribution in [-0.4, -0.2) is 41.8 Å². The number of ether oxygens (including phenoxy) is 1. The Labute approximate surface area is 126 Å². The minimum absolute atomic E-state index is 0.272. The van der Waals surface area contributed by atoms with Crippen molar-refractivity contribution < 1.29 is 9.84 Å². The van der Waals surface area contributed by atoms with Crippen molar-refractivity contribution in [2.45, 2.75) is 45.5 Å². The summed E-state index contributed by atoms with van der Waals surface area (Å²) in [4.78, 5) is 2.37. The number of benzene rings is 1. The Morgan fingerprint density at radius 1 is 1.35 bits per heavy atom. The molecule has 0 saturated carbocycles. The van der Waals surface area contributed by atoms with E-state index in [9.17, 15) is 5.11 Å². The Hall–Kier alpha value is -0.610. The number of aliphatic hydroxyl groups is 1. The molecule has 2 rings (SSSR count). The lowest BCUT2D eigenvalue weighted by Gasteiger charge is -2.35. The largest absolute Gasteiger partial charge is 0.388 e. The molecule has 3 unspecified atom stereocenters. The summed E-state index contributed by atoms with van der Waals surface area (Å²) in [6.07, 6.45) is 0.849. The van der Waals surface area contributed by atoms with Crippen LogP contribution < -0.4 is 0 Å². The molecule has 1 aromatic carbocycles. The van der Waals surface area contributed by atoms with Crippen LogP contribution in [0.1, 0.15) is 37.5 Å². The third kappa shape index (κ3) is 4.19. The second-order valence-corrected chi connectivity index (χ2v) is 6.24. The van der Waals surface area contributed by atoms with E-state index in [0.717, 1.165) is 42.2 Å². The van der Waals surface area contributed by atoms with Crippen LogP contribution in [0.2, 0.25) is 5.02 Å². The lowest BCUT2D eigenvalue weighted by Crippen LogP contribution is -2.45. The molecule has 112 valence electrons. The van der Waals surface area contributed by atoms with Crippen LogP contribution in [0.15, 0.2) is 18.2 Å². The summed E-state index contributed by atoms with van der Waals surface area (Å²) < 4.78 is 5.72. The van der Waals surface area contributed by atoms with E-state index >= 15 is 0 Å². The fraction of sp³-hybridized carbons (Fsp3) is 0.625. The van der Waals surface area contributed by atoms with E-state index in [-0.39, 0.29) is 12.2 Å². The number of morpholine rings is 1. The molecule has 4 heteroatoms. The van der Waals surface area contributed by atoms with E-state index in [1.54, 1.807) is 0 Å². The van der Waals surface area contributed by atoms with Crippen LogP contribution in [0.3, 0.4) is 0 Å². The first-order chi connectivity index (χ1) is 9.45. The summed E-state index contributed by atoms with van der Waals surface area (Å²) in [5.41, 5.74) is 1.96. The predicted molar refractivity (Wildman–Crippen MR) is 82.2 cm³/mol. The lowest BCUT2D eigenvalue weighted by atomic mass is 10.0. The maximum absolute atomic E-state index is 10.3. The minimum Gasteiger partial charge on any atom is -0.388 e. The molecule has 3 nitrogen and oxygen atoms in total. The molecule has 3 atom stereocenters. The topological polar surface area (TPSA) is 32.7 Å². The number of aliphatic hydroxyl groups excluding tert-OH is 1.